The Morgan fingerprint density at radius 2 is 2.08 bits per heavy atom. The lowest BCUT2D eigenvalue weighted by Gasteiger charge is -2.06. The number of halogens is 1. The number of amides is 1. The number of allylic oxidation sites excluding steroid dienone is 2. The molecule has 4 heteroatoms. The molecule has 0 aliphatic heterocycles. The molecule has 0 spiro atoms. The van der Waals surface area contributed by atoms with Crippen LogP contribution >= 0.6 is 0 Å². The standard InChI is InChI=1S/C20H25FN2O/c21-17-10-11-18-16(13-17)14-19(23-18)20(24)22-12-6-5-9-15-7-3-1-2-4-8-15/h7,10-11,13-14,23H,1-6,8-9,12H2,(H,22,24). The molecule has 3 nitrogen and oxygen atoms in total. The van der Waals surface area contributed by atoms with Gasteiger partial charge in [0, 0.05) is 17.4 Å². The number of carbonyl (C=O) groups is 1. The van der Waals surface area contributed by atoms with Crippen molar-refractivity contribution in [2.75, 3.05) is 6.54 Å². The molecule has 0 fully saturated rings. The monoisotopic (exact) mass is 328 g/mol. The molecule has 1 aliphatic carbocycles. The summed E-state index contributed by atoms with van der Waals surface area (Å²) in [6.07, 6.45) is 12.1. The van der Waals surface area contributed by atoms with Crippen molar-refractivity contribution < 1.29 is 9.18 Å². The second kappa shape index (κ2) is 8.13. The van der Waals surface area contributed by atoms with Gasteiger partial charge in [0.25, 0.3) is 5.91 Å². The predicted molar refractivity (Wildman–Crippen MR) is 95.6 cm³/mol. The van der Waals surface area contributed by atoms with Crippen molar-refractivity contribution in [3.8, 4) is 0 Å². The Bertz CT molecular complexity index is 732. The minimum atomic E-state index is -0.290. The SMILES string of the molecule is O=C(NCCCCC1=CCCCCC1)c1cc2cc(F)ccc2[nH]1. The highest BCUT2D eigenvalue weighted by Crippen LogP contribution is 2.21. The highest BCUT2D eigenvalue weighted by atomic mass is 19.1. The van der Waals surface area contributed by atoms with Crippen molar-refractivity contribution in [2.24, 2.45) is 0 Å². The maximum absolute atomic E-state index is 13.2. The van der Waals surface area contributed by atoms with E-state index in [-0.39, 0.29) is 11.7 Å². The van der Waals surface area contributed by atoms with E-state index in [1.165, 1.54) is 44.2 Å². The van der Waals surface area contributed by atoms with Gasteiger partial charge in [-0.2, -0.15) is 0 Å². The number of aromatic nitrogens is 1. The Hall–Kier alpha value is -2.10. The van der Waals surface area contributed by atoms with Gasteiger partial charge in [0.15, 0.2) is 0 Å². The van der Waals surface area contributed by atoms with Crippen LogP contribution in [-0.4, -0.2) is 17.4 Å². The third-order valence-corrected chi connectivity index (χ3v) is 4.67. The molecule has 0 saturated carbocycles. The number of aromatic amines is 1. The van der Waals surface area contributed by atoms with Crippen molar-refractivity contribution in [1.82, 2.24) is 10.3 Å². The molecule has 24 heavy (non-hydrogen) atoms. The zero-order valence-electron chi connectivity index (χ0n) is 14.0. The fraction of sp³-hybridized carbons (Fsp3) is 0.450. The summed E-state index contributed by atoms with van der Waals surface area (Å²) in [7, 11) is 0. The van der Waals surface area contributed by atoms with E-state index in [1.54, 1.807) is 17.7 Å². The largest absolute Gasteiger partial charge is 0.351 e. The first kappa shape index (κ1) is 16.7. The summed E-state index contributed by atoms with van der Waals surface area (Å²) >= 11 is 0. The normalized spacial score (nSPS) is 15.1. The van der Waals surface area contributed by atoms with Gasteiger partial charge in [-0.05, 0) is 69.2 Å². The summed E-state index contributed by atoms with van der Waals surface area (Å²) in [5.41, 5.74) is 2.86. The number of fused-ring (bicyclic) bond motifs is 1. The third kappa shape index (κ3) is 4.47. The Kier molecular flexibility index (Phi) is 5.68. The first-order valence-corrected chi connectivity index (χ1v) is 8.97. The van der Waals surface area contributed by atoms with Gasteiger partial charge in [0.1, 0.15) is 11.5 Å². The van der Waals surface area contributed by atoms with Crippen molar-refractivity contribution in [3.05, 3.63) is 47.4 Å². The lowest BCUT2D eigenvalue weighted by atomic mass is 10.0. The van der Waals surface area contributed by atoms with E-state index >= 15 is 0 Å². The molecule has 0 bridgehead atoms. The summed E-state index contributed by atoms with van der Waals surface area (Å²) < 4.78 is 13.2. The quantitative estimate of drug-likeness (QED) is 0.562. The molecular formula is C20H25FN2O. The second-order valence-electron chi connectivity index (χ2n) is 6.59. The van der Waals surface area contributed by atoms with Gasteiger partial charge in [0.2, 0.25) is 0 Å². The smallest absolute Gasteiger partial charge is 0.267 e. The predicted octanol–water partition coefficient (Wildman–Crippen LogP) is 5.10. The van der Waals surface area contributed by atoms with Crippen molar-refractivity contribution >= 4 is 16.8 Å². The topological polar surface area (TPSA) is 44.9 Å². The highest BCUT2D eigenvalue weighted by molar-refractivity contribution is 5.97. The molecule has 128 valence electrons. The van der Waals surface area contributed by atoms with E-state index in [9.17, 15) is 9.18 Å². The molecule has 2 N–H and O–H groups in total. The number of rotatable bonds is 6. The van der Waals surface area contributed by atoms with E-state index in [4.69, 9.17) is 0 Å². The summed E-state index contributed by atoms with van der Waals surface area (Å²) in [6, 6.07) is 6.18. The van der Waals surface area contributed by atoms with E-state index < -0.39 is 0 Å². The summed E-state index contributed by atoms with van der Waals surface area (Å²) in [5.74, 6) is -0.415. The number of hydrogen-bond donors (Lipinski definition) is 2. The number of nitrogens with one attached hydrogen (secondary N) is 2. The lowest BCUT2D eigenvalue weighted by Crippen LogP contribution is -2.24. The molecule has 0 unspecified atom stereocenters. The number of unbranched alkanes of at least 4 members (excludes halogenated alkanes) is 1. The van der Waals surface area contributed by atoms with Crippen molar-refractivity contribution in [3.63, 3.8) is 0 Å². The molecule has 0 atom stereocenters. The van der Waals surface area contributed by atoms with Gasteiger partial charge in [-0.1, -0.05) is 18.1 Å². The molecule has 1 amide bonds. The van der Waals surface area contributed by atoms with Crippen LogP contribution in [0.3, 0.4) is 0 Å². The molecule has 1 aromatic carbocycles. The van der Waals surface area contributed by atoms with Gasteiger partial charge >= 0.3 is 0 Å². The van der Waals surface area contributed by atoms with Crippen LogP contribution in [0.25, 0.3) is 10.9 Å². The molecule has 2 aromatic rings. The van der Waals surface area contributed by atoms with Crippen LogP contribution in [-0.2, 0) is 0 Å². The highest BCUT2D eigenvalue weighted by Gasteiger charge is 2.09. The van der Waals surface area contributed by atoms with Crippen LogP contribution in [0.15, 0.2) is 35.9 Å². The average molecular weight is 328 g/mol. The van der Waals surface area contributed by atoms with Gasteiger partial charge in [-0.25, -0.2) is 4.39 Å². The fourth-order valence-corrected chi connectivity index (χ4v) is 3.31. The number of carbonyl (C=O) groups excluding carboxylic acids is 1. The molecule has 1 heterocycles. The van der Waals surface area contributed by atoms with Crippen molar-refractivity contribution in [1.29, 1.82) is 0 Å². The minimum Gasteiger partial charge on any atom is -0.351 e. The summed E-state index contributed by atoms with van der Waals surface area (Å²) in [5, 5.41) is 3.66. The zero-order valence-corrected chi connectivity index (χ0v) is 14.0. The first-order chi connectivity index (χ1) is 11.7. The molecule has 1 aliphatic rings. The third-order valence-electron chi connectivity index (χ3n) is 4.67. The Morgan fingerprint density at radius 1 is 1.17 bits per heavy atom. The van der Waals surface area contributed by atoms with Gasteiger partial charge in [0.05, 0.1) is 0 Å². The molecular weight excluding hydrogens is 303 g/mol. The van der Waals surface area contributed by atoms with Crippen LogP contribution in [0.1, 0.15) is 61.9 Å². The van der Waals surface area contributed by atoms with Crippen LogP contribution in [0.2, 0.25) is 0 Å². The Balaban J connectivity index is 1.42. The zero-order chi connectivity index (χ0) is 16.8. The summed E-state index contributed by atoms with van der Waals surface area (Å²) in [6.45, 7) is 0.676. The molecule has 0 radical (unpaired) electrons. The van der Waals surface area contributed by atoms with Gasteiger partial charge in [-0.15, -0.1) is 0 Å². The maximum Gasteiger partial charge on any atom is 0.267 e. The fourth-order valence-electron chi connectivity index (χ4n) is 3.31. The van der Waals surface area contributed by atoms with E-state index in [0.717, 1.165) is 30.2 Å². The lowest BCUT2D eigenvalue weighted by molar-refractivity contribution is 0.0949. The van der Waals surface area contributed by atoms with Crippen molar-refractivity contribution in [2.45, 2.75) is 51.4 Å². The molecule has 0 saturated heterocycles. The average Bonchev–Trinajstić information content (AvgIpc) is 2.82. The molecule has 3 rings (SSSR count). The van der Waals surface area contributed by atoms with Gasteiger partial charge in [-0.3, -0.25) is 4.79 Å². The number of H-pyrrole nitrogens is 1. The van der Waals surface area contributed by atoms with Crippen LogP contribution in [0.5, 0.6) is 0 Å². The minimum absolute atomic E-state index is 0.125. The van der Waals surface area contributed by atoms with Gasteiger partial charge < -0.3 is 10.3 Å². The second-order valence-corrected chi connectivity index (χ2v) is 6.59. The first-order valence-electron chi connectivity index (χ1n) is 8.97. The van der Waals surface area contributed by atoms with E-state index in [1.807, 2.05) is 0 Å². The maximum atomic E-state index is 13.2. The van der Waals surface area contributed by atoms with Crippen LogP contribution in [0, 0.1) is 5.82 Å². The Labute approximate surface area is 142 Å². The Morgan fingerprint density at radius 3 is 3.00 bits per heavy atom. The van der Waals surface area contributed by atoms with Crippen LogP contribution in [0.4, 0.5) is 4.39 Å². The van der Waals surface area contributed by atoms with E-state index in [0.29, 0.717) is 12.2 Å². The summed E-state index contributed by atoms with van der Waals surface area (Å²) in [4.78, 5) is 15.2. The van der Waals surface area contributed by atoms with Crippen LogP contribution < -0.4 is 5.32 Å². The number of benzene rings is 1. The van der Waals surface area contributed by atoms with E-state index in [2.05, 4.69) is 16.4 Å². The number of hydrogen-bond acceptors (Lipinski definition) is 1. The molecule has 1 aromatic heterocycles.